The van der Waals surface area contributed by atoms with Crippen LogP contribution in [0.25, 0.3) is 49.4 Å². The van der Waals surface area contributed by atoms with E-state index in [0.717, 1.165) is 11.2 Å². The van der Waals surface area contributed by atoms with Crippen molar-refractivity contribution in [3.05, 3.63) is 84.9 Å². The van der Waals surface area contributed by atoms with Crippen LogP contribution in [0.1, 0.15) is 0 Å². The molecule has 5 aromatic carbocycles. The van der Waals surface area contributed by atoms with Crippen molar-refractivity contribution in [2.75, 3.05) is 0 Å². The molecule has 3 aliphatic rings. The van der Waals surface area contributed by atoms with Gasteiger partial charge in [0, 0.05) is 46.8 Å². The second-order valence-electron chi connectivity index (χ2n) is 9.63. The quantitative estimate of drug-likeness (QED) is 0.233. The van der Waals surface area contributed by atoms with Crippen LogP contribution in [0.15, 0.2) is 109 Å². The van der Waals surface area contributed by atoms with Crippen LogP contribution in [-0.4, -0.2) is 11.3 Å². The van der Waals surface area contributed by atoms with Gasteiger partial charge in [0.25, 0.3) is 6.71 Å². The van der Waals surface area contributed by atoms with Gasteiger partial charge in [0.05, 0.1) is 11.0 Å². The molecule has 0 atom stereocenters. The van der Waals surface area contributed by atoms with E-state index in [1.807, 2.05) is 23.5 Å². The Bertz CT molecular complexity index is 2120. The number of nitrogens with zero attached hydrogens (tertiary/aromatic N) is 1. The summed E-state index contributed by atoms with van der Waals surface area (Å²) in [7, 11) is 0. The van der Waals surface area contributed by atoms with Crippen molar-refractivity contribution in [2.24, 2.45) is 0 Å². The largest absolute Gasteiger partial charge is 0.456 e. The monoisotopic (exact) mass is 479 g/mol. The predicted octanol–water partition coefficient (Wildman–Crippen LogP) is 6.44. The second kappa shape index (κ2) is 5.81. The summed E-state index contributed by atoms with van der Waals surface area (Å²) in [6.07, 6.45) is 0. The van der Waals surface area contributed by atoms with Crippen molar-refractivity contribution in [3.63, 3.8) is 0 Å². The van der Waals surface area contributed by atoms with E-state index in [2.05, 4.69) is 89.5 Å². The lowest BCUT2D eigenvalue weighted by atomic mass is 9.35. The third-order valence-electron chi connectivity index (χ3n) is 8.05. The number of fused-ring (bicyclic) bond motifs is 8. The van der Waals surface area contributed by atoms with Crippen molar-refractivity contribution in [2.45, 2.75) is 19.6 Å². The number of furan rings is 1. The van der Waals surface area contributed by atoms with E-state index in [1.54, 1.807) is 0 Å². The Morgan fingerprint density at radius 2 is 1.34 bits per heavy atom. The topological polar surface area (TPSA) is 18.1 Å². The number of para-hydroxylation sites is 1. The van der Waals surface area contributed by atoms with Crippen molar-refractivity contribution >= 4 is 90.4 Å². The Morgan fingerprint density at radius 3 is 2.23 bits per heavy atom. The molecule has 0 radical (unpaired) electrons. The fourth-order valence-electron chi connectivity index (χ4n) is 6.80. The molecule has 2 aromatic heterocycles. The summed E-state index contributed by atoms with van der Waals surface area (Å²) in [6.45, 7) is 0.294. The molecule has 0 spiro atoms. The minimum absolute atomic E-state index is 0.294. The van der Waals surface area contributed by atoms with E-state index in [0.29, 0.717) is 6.71 Å². The molecule has 3 aliphatic heterocycles. The van der Waals surface area contributed by atoms with Crippen LogP contribution < -0.4 is 16.4 Å². The lowest BCUT2D eigenvalue weighted by molar-refractivity contribution is 0.669. The first-order valence-corrected chi connectivity index (χ1v) is 13.5. The summed E-state index contributed by atoms with van der Waals surface area (Å²) in [5.74, 6) is 0. The molecule has 0 N–H and O–H groups in total. The Labute approximate surface area is 209 Å². The third-order valence-corrected chi connectivity index (χ3v) is 10.4. The average Bonchev–Trinajstić information content (AvgIpc) is 3.44. The molecule has 2 nitrogen and oxygen atoms in total. The molecule has 0 saturated carbocycles. The third kappa shape index (κ3) is 1.92. The van der Waals surface area contributed by atoms with Gasteiger partial charge in [0.2, 0.25) is 0 Å². The van der Waals surface area contributed by atoms with Crippen molar-refractivity contribution < 1.29 is 4.42 Å². The number of hydrogen-bond acceptors (Lipinski definition) is 3. The minimum atomic E-state index is 0.294. The Morgan fingerprint density at radius 1 is 0.571 bits per heavy atom. The molecule has 5 heteroatoms. The van der Waals surface area contributed by atoms with E-state index in [4.69, 9.17) is 4.42 Å². The molecule has 7 aromatic rings. The van der Waals surface area contributed by atoms with Gasteiger partial charge in [-0.05, 0) is 64.9 Å². The highest BCUT2D eigenvalue weighted by molar-refractivity contribution is 8.01. The number of rotatable bonds is 0. The van der Waals surface area contributed by atoms with Crippen LogP contribution in [0, 0.1) is 0 Å². The maximum atomic E-state index is 6.30. The smallest absolute Gasteiger partial charge is 0.252 e. The predicted molar refractivity (Wildman–Crippen MR) is 147 cm³/mol. The zero-order valence-corrected chi connectivity index (χ0v) is 20.0. The summed E-state index contributed by atoms with van der Waals surface area (Å²) < 4.78 is 8.84. The first kappa shape index (κ1) is 17.8. The Balaban J connectivity index is 1.50. The van der Waals surface area contributed by atoms with Gasteiger partial charge in [0.15, 0.2) is 0 Å². The second-order valence-corrected chi connectivity index (χ2v) is 11.8. The SMILES string of the molecule is c1cc2c3c(c1)Sc1ccc4c5c6c(ccc5n5c4c1B3c1c(cccc1-5)S2)oc1ccccc16. The van der Waals surface area contributed by atoms with Gasteiger partial charge in [-0.25, -0.2) is 0 Å². The molecular weight excluding hydrogens is 465 g/mol. The van der Waals surface area contributed by atoms with Crippen LogP contribution in [-0.2, 0) is 0 Å². The molecule has 0 saturated heterocycles. The lowest BCUT2D eigenvalue weighted by Crippen LogP contribution is -2.61. The fourth-order valence-corrected chi connectivity index (χ4v) is 9.25. The maximum Gasteiger partial charge on any atom is 0.252 e. The first-order valence-electron chi connectivity index (χ1n) is 11.9. The molecule has 5 heterocycles. The molecule has 0 amide bonds. The van der Waals surface area contributed by atoms with Crippen LogP contribution in [0.2, 0.25) is 0 Å². The van der Waals surface area contributed by atoms with Gasteiger partial charge in [-0.2, -0.15) is 0 Å². The normalized spacial score (nSPS) is 14.6. The maximum absolute atomic E-state index is 6.30. The van der Waals surface area contributed by atoms with Crippen molar-refractivity contribution in [1.82, 2.24) is 4.57 Å². The molecule has 35 heavy (non-hydrogen) atoms. The van der Waals surface area contributed by atoms with Crippen LogP contribution in [0.5, 0.6) is 0 Å². The lowest BCUT2D eigenvalue weighted by Gasteiger charge is -2.37. The van der Waals surface area contributed by atoms with E-state index in [9.17, 15) is 0 Å². The van der Waals surface area contributed by atoms with E-state index in [1.165, 1.54) is 74.2 Å². The molecule has 160 valence electrons. The van der Waals surface area contributed by atoms with Gasteiger partial charge < -0.3 is 8.98 Å². The summed E-state index contributed by atoms with van der Waals surface area (Å²) in [5.41, 5.74) is 10.3. The van der Waals surface area contributed by atoms with Gasteiger partial charge >= 0.3 is 0 Å². The van der Waals surface area contributed by atoms with Gasteiger partial charge in [-0.15, -0.1) is 0 Å². The zero-order chi connectivity index (χ0) is 22.4. The zero-order valence-electron chi connectivity index (χ0n) is 18.3. The highest BCUT2D eigenvalue weighted by Gasteiger charge is 2.44. The summed E-state index contributed by atoms with van der Waals surface area (Å²) in [6, 6.07) is 31.2. The number of hydrogen-bond donors (Lipinski definition) is 0. The molecular formula is C30H14BNOS2. The van der Waals surface area contributed by atoms with Crippen molar-refractivity contribution in [1.29, 1.82) is 0 Å². The van der Waals surface area contributed by atoms with E-state index >= 15 is 0 Å². The first-order chi connectivity index (χ1) is 17.4. The standard InChI is InChI=1S/C30H14BNOS2/c1-2-7-19-15(5-1)26-20(33-19)13-12-17-25(26)16-11-14-24-29-30(16)32(17)18-6-3-8-21-27(18)31(29)28-22(34-21)9-4-10-23(28)35-24/h1-14H. The van der Waals surface area contributed by atoms with E-state index in [-0.39, 0.29) is 0 Å². The van der Waals surface area contributed by atoms with Crippen LogP contribution >= 0.6 is 23.5 Å². The molecule has 0 bridgehead atoms. The summed E-state index contributed by atoms with van der Waals surface area (Å²) in [4.78, 5) is 5.58. The van der Waals surface area contributed by atoms with Crippen LogP contribution in [0.4, 0.5) is 0 Å². The van der Waals surface area contributed by atoms with E-state index < -0.39 is 0 Å². The van der Waals surface area contributed by atoms with Gasteiger partial charge in [0.1, 0.15) is 11.2 Å². The molecule has 0 unspecified atom stereocenters. The summed E-state index contributed by atoms with van der Waals surface area (Å²) in [5, 5.41) is 5.05. The Hall–Kier alpha value is -3.54. The molecule has 0 fully saturated rings. The summed E-state index contributed by atoms with van der Waals surface area (Å²) >= 11 is 3.86. The molecule has 10 rings (SSSR count). The highest BCUT2D eigenvalue weighted by Crippen LogP contribution is 2.46. The van der Waals surface area contributed by atoms with Crippen LogP contribution in [0.3, 0.4) is 0 Å². The number of aromatic nitrogens is 1. The number of benzene rings is 5. The molecule has 0 aliphatic carbocycles. The Kier molecular flexibility index (Phi) is 2.96. The average molecular weight is 479 g/mol. The minimum Gasteiger partial charge on any atom is -0.456 e. The highest BCUT2D eigenvalue weighted by atomic mass is 32.2. The van der Waals surface area contributed by atoms with Crippen molar-refractivity contribution in [3.8, 4) is 5.69 Å². The van der Waals surface area contributed by atoms with Gasteiger partial charge in [-0.1, -0.05) is 59.9 Å². The van der Waals surface area contributed by atoms with Gasteiger partial charge in [-0.3, -0.25) is 0 Å². The fraction of sp³-hybridized carbons (Fsp3) is 0.